The first-order valence-corrected chi connectivity index (χ1v) is 10.0. The minimum Gasteiger partial charge on any atom is -0.368 e. The normalized spacial score (nSPS) is 13.0. The Morgan fingerprint density at radius 2 is 1.88 bits per heavy atom. The summed E-state index contributed by atoms with van der Waals surface area (Å²) in [7, 11) is -4.41. The number of aryl methyl sites for hydroxylation is 2. The van der Waals surface area contributed by atoms with Crippen LogP contribution in [0, 0.1) is 13.8 Å². The van der Waals surface area contributed by atoms with Crippen molar-refractivity contribution in [3.8, 4) is 0 Å². The van der Waals surface area contributed by atoms with E-state index in [-0.39, 0.29) is 13.3 Å². The largest absolute Gasteiger partial charge is 0.368 e. The van der Waals surface area contributed by atoms with Crippen molar-refractivity contribution < 1.29 is 27.9 Å². The lowest BCUT2D eigenvalue weighted by molar-refractivity contribution is -0.173. The first kappa shape index (κ1) is 22.5. The molecule has 0 aliphatic rings. The zero-order chi connectivity index (χ0) is 19.7. The van der Waals surface area contributed by atoms with E-state index < -0.39 is 21.4 Å². The topological polar surface area (TPSA) is 105 Å². The molecular weight excluding hydrogens is 360 g/mol. The Balaban J connectivity index is 2.77. The van der Waals surface area contributed by atoms with Crippen LogP contribution in [0.3, 0.4) is 0 Å². The van der Waals surface area contributed by atoms with Crippen molar-refractivity contribution in [2.75, 3.05) is 25.3 Å². The molecule has 2 N–H and O–H groups in total. The van der Waals surface area contributed by atoms with Gasteiger partial charge in [-0.15, -0.1) is 0 Å². The molecule has 0 aromatic heterocycles. The van der Waals surface area contributed by atoms with E-state index in [1.54, 1.807) is 26.0 Å². The van der Waals surface area contributed by atoms with Crippen LogP contribution < -0.4 is 5.32 Å². The van der Waals surface area contributed by atoms with E-state index >= 15 is 0 Å². The zero-order valence-corrected chi connectivity index (χ0v) is 16.5. The number of para-hydroxylation sites is 1. The maximum atomic E-state index is 12.4. The molecule has 0 bridgehead atoms. The van der Waals surface area contributed by atoms with Gasteiger partial charge in [0, 0.05) is 18.8 Å². The summed E-state index contributed by atoms with van der Waals surface area (Å²) in [6.45, 7) is 7.16. The molecule has 1 rings (SSSR count). The van der Waals surface area contributed by atoms with E-state index in [1.807, 2.05) is 13.0 Å². The fourth-order valence-corrected chi connectivity index (χ4v) is 3.29. The predicted octanol–water partition coefficient (Wildman–Crippen LogP) is 1.92. The van der Waals surface area contributed by atoms with Gasteiger partial charge in [-0.25, -0.2) is 8.42 Å². The van der Waals surface area contributed by atoms with Gasteiger partial charge < -0.3 is 15.2 Å². The van der Waals surface area contributed by atoms with E-state index in [9.17, 15) is 18.3 Å². The maximum Gasteiger partial charge on any atom is 0.272 e. The molecule has 0 aliphatic heterocycles. The number of nitrogens with zero attached hydrogens (tertiary/aromatic N) is 1. The second kappa shape index (κ2) is 10.6. The number of carbonyl (C=O) groups is 1. The summed E-state index contributed by atoms with van der Waals surface area (Å²) in [5, 5.41) is 12.5. The molecule has 0 aliphatic carbocycles. The number of carbonyl (C=O) groups excluding carboxylic acids is 1. The number of aliphatic hydroxyl groups excluding tert-OH is 1. The van der Waals surface area contributed by atoms with Crippen LogP contribution in [-0.4, -0.2) is 49.3 Å². The number of benzene rings is 1. The average molecular weight is 388 g/mol. The number of aliphatic hydroxyl groups is 1. The zero-order valence-electron chi connectivity index (χ0n) is 15.7. The molecule has 148 valence electrons. The van der Waals surface area contributed by atoms with Crippen LogP contribution in [0.4, 0.5) is 5.69 Å². The van der Waals surface area contributed by atoms with E-state index in [2.05, 4.69) is 5.32 Å². The van der Waals surface area contributed by atoms with Crippen LogP contribution in [0.25, 0.3) is 0 Å². The smallest absolute Gasteiger partial charge is 0.272 e. The quantitative estimate of drug-likeness (QED) is 0.341. The number of hydroxylamine groups is 1. The predicted molar refractivity (Wildman–Crippen MR) is 98.7 cm³/mol. The highest BCUT2D eigenvalue weighted by molar-refractivity contribution is 7.90. The summed E-state index contributed by atoms with van der Waals surface area (Å²) in [5.74, 6) is -1.05. The second-order valence-electron chi connectivity index (χ2n) is 5.78. The summed E-state index contributed by atoms with van der Waals surface area (Å²) in [4.78, 5) is 17.3. The van der Waals surface area contributed by atoms with Gasteiger partial charge in [-0.3, -0.25) is 9.63 Å². The van der Waals surface area contributed by atoms with E-state index in [1.165, 1.54) is 6.92 Å². The number of ether oxygens (including phenoxy) is 1. The highest BCUT2D eigenvalue weighted by Crippen LogP contribution is 2.20. The molecular formula is C17H28N2O6S. The van der Waals surface area contributed by atoms with Crippen LogP contribution in [0.2, 0.25) is 0 Å². The molecule has 0 heterocycles. The third kappa shape index (κ3) is 6.03. The first-order chi connectivity index (χ1) is 12.3. The molecule has 1 aromatic rings. The third-order valence-corrected chi connectivity index (χ3v) is 5.41. The van der Waals surface area contributed by atoms with Crippen molar-refractivity contribution in [1.82, 2.24) is 4.47 Å². The van der Waals surface area contributed by atoms with Crippen molar-refractivity contribution in [2.24, 2.45) is 0 Å². The van der Waals surface area contributed by atoms with Crippen molar-refractivity contribution >= 4 is 21.6 Å². The van der Waals surface area contributed by atoms with Crippen LogP contribution in [0.5, 0.6) is 0 Å². The van der Waals surface area contributed by atoms with Gasteiger partial charge in [0.15, 0.2) is 6.79 Å². The van der Waals surface area contributed by atoms with Crippen molar-refractivity contribution in [2.45, 2.75) is 46.0 Å². The summed E-state index contributed by atoms with van der Waals surface area (Å²) >= 11 is 0. The van der Waals surface area contributed by atoms with Crippen molar-refractivity contribution in [3.63, 3.8) is 0 Å². The minimum atomic E-state index is -4.41. The Morgan fingerprint density at radius 1 is 1.27 bits per heavy atom. The van der Waals surface area contributed by atoms with Gasteiger partial charge in [0.25, 0.3) is 21.4 Å². The van der Waals surface area contributed by atoms with Crippen LogP contribution in [0.1, 0.15) is 37.8 Å². The number of hydrogen-bond donors (Lipinski definition) is 2. The highest BCUT2D eigenvalue weighted by Gasteiger charge is 2.36. The number of nitrogens with one attached hydrogen (secondary N) is 1. The number of amides is 1. The summed E-state index contributed by atoms with van der Waals surface area (Å²) < 4.78 is 30.6. The van der Waals surface area contributed by atoms with Crippen LogP contribution >= 0.6 is 0 Å². The molecule has 1 unspecified atom stereocenters. The number of anilines is 1. The molecule has 9 heteroatoms. The lowest BCUT2D eigenvalue weighted by Gasteiger charge is -2.23. The highest BCUT2D eigenvalue weighted by atomic mass is 32.2. The standard InChI is InChI=1S/C17H28N2O6S/c1-5-7-11-24-12-25-19(6-2)26(22,23)17(21)16(20)18-15-13(3)9-8-10-14(15)4/h8-10,17,21H,5-7,11-12H2,1-4H3,(H,18,20). The minimum absolute atomic E-state index is 0.0762. The molecule has 0 fully saturated rings. The SMILES string of the molecule is CCCCOCON(CC)S(=O)(=O)C(O)C(=O)Nc1c(C)cccc1C. The maximum absolute atomic E-state index is 12.4. The molecule has 1 atom stereocenters. The van der Waals surface area contributed by atoms with Gasteiger partial charge in [0.1, 0.15) is 0 Å². The van der Waals surface area contributed by atoms with Crippen LogP contribution in [0.15, 0.2) is 18.2 Å². The van der Waals surface area contributed by atoms with Gasteiger partial charge in [-0.1, -0.05) is 36.0 Å². The third-order valence-electron chi connectivity index (χ3n) is 3.70. The number of rotatable bonds is 11. The fraction of sp³-hybridized carbons (Fsp3) is 0.588. The molecule has 0 radical (unpaired) electrons. The van der Waals surface area contributed by atoms with Crippen molar-refractivity contribution in [1.29, 1.82) is 0 Å². The van der Waals surface area contributed by atoms with Crippen molar-refractivity contribution in [3.05, 3.63) is 29.3 Å². The number of unbranched alkanes of at least 4 members (excludes halogenated alkanes) is 1. The van der Waals surface area contributed by atoms with Crippen LogP contribution in [-0.2, 0) is 24.4 Å². The van der Waals surface area contributed by atoms with Gasteiger partial charge >= 0.3 is 0 Å². The van der Waals surface area contributed by atoms with E-state index in [0.717, 1.165) is 24.0 Å². The van der Waals surface area contributed by atoms with Gasteiger partial charge in [-0.05, 0) is 38.3 Å². The Morgan fingerprint density at radius 3 is 2.42 bits per heavy atom. The monoisotopic (exact) mass is 388 g/mol. The fourth-order valence-electron chi connectivity index (χ4n) is 2.19. The Hall–Kier alpha value is -1.52. The van der Waals surface area contributed by atoms with Gasteiger partial charge in [0.05, 0.1) is 0 Å². The Kier molecular flexibility index (Phi) is 9.17. The number of hydrogen-bond acceptors (Lipinski definition) is 6. The molecule has 0 saturated heterocycles. The Bertz CT molecular complexity index is 672. The lowest BCUT2D eigenvalue weighted by Crippen LogP contribution is -2.45. The summed E-state index contributed by atoms with van der Waals surface area (Å²) in [6, 6.07) is 5.37. The lowest BCUT2D eigenvalue weighted by atomic mass is 10.1. The molecule has 1 aromatic carbocycles. The van der Waals surface area contributed by atoms with E-state index in [4.69, 9.17) is 9.57 Å². The number of sulfonamides is 1. The van der Waals surface area contributed by atoms with Gasteiger partial charge in [0.2, 0.25) is 0 Å². The second-order valence-corrected chi connectivity index (χ2v) is 7.66. The average Bonchev–Trinajstić information content (AvgIpc) is 2.60. The molecule has 0 spiro atoms. The summed E-state index contributed by atoms with van der Waals surface area (Å²) in [6.07, 6.45) is 1.76. The summed E-state index contributed by atoms with van der Waals surface area (Å²) in [5.41, 5.74) is -0.303. The van der Waals surface area contributed by atoms with Gasteiger partial charge in [-0.2, -0.15) is 0 Å². The first-order valence-electron chi connectivity index (χ1n) is 8.53. The Labute approximate surface area is 155 Å². The molecule has 26 heavy (non-hydrogen) atoms. The molecule has 8 nitrogen and oxygen atoms in total. The molecule has 1 amide bonds. The molecule has 0 saturated carbocycles. The van der Waals surface area contributed by atoms with E-state index in [0.29, 0.717) is 16.8 Å².